The van der Waals surface area contributed by atoms with Crippen molar-refractivity contribution in [2.45, 2.75) is 16.6 Å². The summed E-state index contributed by atoms with van der Waals surface area (Å²) in [6.07, 6.45) is 1.01. The molecule has 0 aliphatic rings. The molecular formula is C20H17ClS. The van der Waals surface area contributed by atoms with Gasteiger partial charge in [0.2, 0.25) is 0 Å². The topological polar surface area (TPSA) is 0 Å². The minimum absolute atomic E-state index is 0.393. The molecule has 3 aromatic rings. The molecule has 22 heavy (non-hydrogen) atoms. The Hall–Kier alpha value is -1.70. The van der Waals surface area contributed by atoms with Gasteiger partial charge in [-0.1, -0.05) is 72.3 Å². The number of benzene rings is 3. The summed E-state index contributed by atoms with van der Waals surface area (Å²) in [7, 11) is 0. The highest BCUT2D eigenvalue weighted by Gasteiger charge is 2.14. The lowest BCUT2D eigenvalue weighted by atomic mass is 10.0. The standard InChI is InChI=1S/C20H17ClS/c21-18-11-13-19(14-12-18)22-20(17-9-5-2-6-10-17)15-16-7-3-1-4-8-16/h1-14,20H,15H2. The minimum Gasteiger partial charge on any atom is -0.118 e. The molecule has 0 radical (unpaired) electrons. The number of halogens is 1. The van der Waals surface area contributed by atoms with Gasteiger partial charge in [-0.25, -0.2) is 0 Å². The van der Waals surface area contributed by atoms with Crippen LogP contribution in [0.1, 0.15) is 16.4 Å². The number of hydrogen-bond acceptors (Lipinski definition) is 1. The molecule has 0 aromatic heterocycles. The van der Waals surface area contributed by atoms with Crippen LogP contribution in [-0.4, -0.2) is 0 Å². The molecule has 0 amide bonds. The Balaban J connectivity index is 1.84. The van der Waals surface area contributed by atoms with E-state index in [9.17, 15) is 0 Å². The zero-order chi connectivity index (χ0) is 15.2. The molecule has 0 spiro atoms. The van der Waals surface area contributed by atoms with Crippen molar-refractivity contribution in [3.8, 4) is 0 Å². The van der Waals surface area contributed by atoms with Crippen molar-refractivity contribution in [1.29, 1.82) is 0 Å². The summed E-state index contributed by atoms with van der Waals surface area (Å²) in [5.41, 5.74) is 2.71. The molecule has 0 heterocycles. The van der Waals surface area contributed by atoms with Crippen LogP contribution in [0.15, 0.2) is 89.8 Å². The zero-order valence-electron chi connectivity index (χ0n) is 12.2. The lowest BCUT2D eigenvalue weighted by molar-refractivity contribution is 0.931. The molecule has 110 valence electrons. The molecule has 0 saturated carbocycles. The van der Waals surface area contributed by atoms with Crippen molar-refractivity contribution < 1.29 is 0 Å². The molecule has 1 atom stereocenters. The Morgan fingerprint density at radius 1 is 0.727 bits per heavy atom. The van der Waals surface area contributed by atoms with Gasteiger partial charge in [0.1, 0.15) is 0 Å². The van der Waals surface area contributed by atoms with Crippen LogP contribution in [0.3, 0.4) is 0 Å². The summed E-state index contributed by atoms with van der Waals surface area (Å²) in [6.45, 7) is 0. The lowest BCUT2D eigenvalue weighted by Crippen LogP contribution is -1.99. The third-order valence-electron chi connectivity index (χ3n) is 3.53. The van der Waals surface area contributed by atoms with Gasteiger partial charge in [0.15, 0.2) is 0 Å². The van der Waals surface area contributed by atoms with Crippen molar-refractivity contribution in [3.63, 3.8) is 0 Å². The average molecular weight is 325 g/mol. The Morgan fingerprint density at radius 3 is 1.95 bits per heavy atom. The highest BCUT2D eigenvalue weighted by atomic mass is 35.5. The van der Waals surface area contributed by atoms with E-state index < -0.39 is 0 Å². The SMILES string of the molecule is Clc1ccc(SC(Cc2ccccc2)c2ccccc2)cc1. The first-order valence-electron chi connectivity index (χ1n) is 7.32. The predicted octanol–water partition coefficient (Wildman–Crippen LogP) is 6.42. The van der Waals surface area contributed by atoms with Crippen LogP contribution in [0.4, 0.5) is 0 Å². The van der Waals surface area contributed by atoms with Gasteiger partial charge in [-0.05, 0) is 41.8 Å². The third-order valence-corrected chi connectivity index (χ3v) is 5.05. The van der Waals surface area contributed by atoms with E-state index in [0.29, 0.717) is 5.25 Å². The summed E-state index contributed by atoms with van der Waals surface area (Å²) in [6, 6.07) is 29.4. The smallest absolute Gasteiger partial charge is 0.0406 e. The molecule has 0 nitrogen and oxygen atoms in total. The fourth-order valence-electron chi connectivity index (χ4n) is 2.40. The van der Waals surface area contributed by atoms with Crippen LogP contribution in [0.5, 0.6) is 0 Å². The Morgan fingerprint density at radius 2 is 1.32 bits per heavy atom. The molecule has 0 N–H and O–H groups in total. The predicted molar refractivity (Wildman–Crippen MR) is 96.6 cm³/mol. The van der Waals surface area contributed by atoms with Gasteiger partial charge in [-0.3, -0.25) is 0 Å². The van der Waals surface area contributed by atoms with Crippen molar-refractivity contribution in [1.82, 2.24) is 0 Å². The number of rotatable bonds is 5. The number of hydrogen-bond donors (Lipinski definition) is 0. The maximum atomic E-state index is 5.99. The molecule has 0 aliphatic carbocycles. The van der Waals surface area contributed by atoms with Gasteiger partial charge < -0.3 is 0 Å². The summed E-state index contributed by atoms with van der Waals surface area (Å²) in [5.74, 6) is 0. The first-order valence-corrected chi connectivity index (χ1v) is 8.58. The van der Waals surface area contributed by atoms with E-state index in [-0.39, 0.29) is 0 Å². The Bertz CT molecular complexity index is 693. The molecule has 0 aliphatic heterocycles. The first kappa shape index (κ1) is 15.2. The molecule has 3 rings (SSSR count). The molecule has 0 fully saturated rings. The van der Waals surface area contributed by atoms with E-state index in [2.05, 4.69) is 72.8 Å². The van der Waals surface area contributed by atoms with E-state index in [1.54, 1.807) is 0 Å². The van der Waals surface area contributed by atoms with Crippen LogP contribution < -0.4 is 0 Å². The van der Waals surface area contributed by atoms with E-state index in [1.807, 2.05) is 23.9 Å². The van der Waals surface area contributed by atoms with Crippen LogP contribution in [0, 0.1) is 0 Å². The maximum Gasteiger partial charge on any atom is 0.0406 e. The van der Waals surface area contributed by atoms with E-state index in [0.717, 1.165) is 11.4 Å². The second-order valence-corrected chi connectivity index (χ2v) is 6.87. The normalized spacial score (nSPS) is 12.0. The van der Waals surface area contributed by atoms with Crippen LogP contribution >= 0.6 is 23.4 Å². The third kappa shape index (κ3) is 4.16. The van der Waals surface area contributed by atoms with E-state index in [1.165, 1.54) is 16.0 Å². The maximum absolute atomic E-state index is 5.99. The average Bonchev–Trinajstić information content (AvgIpc) is 2.58. The van der Waals surface area contributed by atoms with Gasteiger partial charge in [0.05, 0.1) is 0 Å². The molecule has 0 saturated heterocycles. The summed E-state index contributed by atoms with van der Waals surface area (Å²) in [4.78, 5) is 1.24. The fourth-order valence-corrected chi connectivity index (χ4v) is 3.72. The highest BCUT2D eigenvalue weighted by Crippen LogP contribution is 2.38. The lowest BCUT2D eigenvalue weighted by Gasteiger charge is -2.17. The largest absolute Gasteiger partial charge is 0.118 e. The molecule has 0 bridgehead atoms. The summed E-state index contributed by atoms with van der Waals surface area (Å²) in [5, 5.41) is 1.17. The second-order valence-electron chi connectivity index (χ2n) is 5.16. The van der Waals surface area contributed by atoms with Gasteiger partial charge in [-0.15, -0.1) is 11.8 Å². The zero-order valence-corrected chi connectivity index (χ0v) is 13.7. The summed E-state index contributed by atoms with van der Waals surface area (Å²) < 4.78 is 0. The van der Waals surface area contributed by atoms with E-state index in [4.69, 9.17) is 11.6 Å². The van der Waals surface area contributed by atoms with Crippen molar-refractivity contribution in [2.75, 3.05) is 0 Å². The first-order chi connectivity index (χ1) is 10.8. The monoisotopic (exact) mass is 324 g/mol. The number of thioether (sulfide) groups is 1. The Labute approximate surface area is 141 Å². The molecule has 3 aromatic carbocycles. The fraction of sp³-hybridized carbons (Fsp3) is 0.100. The van der Waals surface area contributed by atoms with Crippen molar-refractivity contribution in [2.24, 2.45) is 0 Å². The van der Waals surface area contributed by atoms with E-state index >= 15 is 0 Å². The quantitative estimate of drug-likeness (QED) is 0.488. The van der Waals surface area contributed by atoms with Crippen LogP contribution in [0.2, 0.25) is 5.02 Å². The highest BCUT2D eigenvalue weighted by molar-refractivity contribution is 7.99. The van der Waals surface area contributed by atoms with Crippen LogP contribution in [-0.2, 0) is 6.42 Å². The second kappa shape index (κ2) is 7.53. The molecule has 2 heteroatoms. The van der Waals surface area contributed by atoms with Crippen molar-refractivity contribution >= 4 is 23.4 Å². The summed E-state index contributed by atoms with van der Waals surface area (Å²) >= 11 is 7.87. The Kier molecular flexibility index (Phi) is 5.20. The minimum atomic E-state index is 0.393. The van der Waals surface area contributed by atoms with Gasteiger partial charge in [0, 0.05) is 15.2 Å². The van der Waals surface area contributed by atoms with Gasteiger partial charge in [0.25, 0.3) is 0 Å². The molecular weight excluding hydrogens is 308 g/mol. The van der Waals surface area contributed by atoms with Crippen molar-refractivity contribution in [3.05, 3.63) is 101 Å². The molecule has 1 unspecified atom stereocenters. The van der Waals surface area contributed by atoms with Gasteiger partial charge in [-0.2, -0.15) is 0 Å². The van der Waals surface area contributed by atoms with Crippen LogP contribution in [0.25, 0.3) is 0 Å². The van der Waals surface area contributed by atoms with Gasteiger partial charge >= 0.3 is 0 Å².